The van der Waals surface area contributed by atoms with Crippen molar-refractivity contribution in [1.29, 1.82) is 0 Å². The van der Waals surface area contributed by atoms with Gasteiger partial charge in [0.15, 0.2) is 0 Å². The molecule has 3 nitrogen and oxygen atoms in total. The Morgan fingerprint density at radius 2 is 1.77 bits per heavy atom. The highest BCUT2D eigenvalue weighted by molar-refractivity contribution is 7.89. The van der Waals surface area contributed by atoms with E-state index >= 15 is 0 Å². The third-order valence-electron chi connectivity index (χ3n) is 2.02. The summed E-state index contributed by atoms with van der Waals surface area (Å²) >= 11 is 0. The predicted octanol–water partition coefficient (Wildman–Crippen LogP) is 1.30. The van der Waals surface area contributed by atoms with E-state index in [0.29, 0.717) is 0 Å². The zero-order valence-corrected chi connectivity index (χ0v) is 8.51. The minimum atomic E-state index is -3.20. The summed E-state index contributed by atoms with van der Waals surface area (Å²) in [5, 5.41) is -0.501. The van der Waals surface area contributed by atoms with Gasteiger partial charge in [-0.2, -0.15) is 0 Å². The molecule has 0 fully saturated rings. The Bertz CT molecular complexity index is 358. The van der Waals surface area contributed by atoms with Gasteiger partial charge in [-0.25, -0.2) is 13.1 Å². The lowest BCUT2D eigenvalue weighted by Crippen LogP contribution is -2.23. The molecule has 0 aliphatic rings. The Morgan fingerprint density at radius 3 is 2.23 bits per heavy atom. The summed E-state index contributed by atoms with van der Waals surface area (Å²) in [4.78, 5) is 0. The molecule has 1 aromatic rings. The van der Waals surface area contributed by atoms with Gasteiger partial charge in [0.2, 0.25) is 10.0 Å². The van der Waals surface area contributed by atoms with Crippen LogP contribution in [-0.4, -0.2) is 15.5 Å². The minimum absolute atomic E-state index is 0.501. The Morgan fingerprint density at radius 1 is 1.23 bits per heavy atom. The zero-order chi connectivity index (χ0) is 9.90. The van der Waals surface area contributed by atoms with Gasteiger partial charge in [-0.3, -0.25) is 0 Å². The maximum absolute atomic E-state index is 11.4. The predicted molar refractivity (Wildman–Crippen MR) is 52.8 cm³/mol. The number of hydrogen-bond donors (Lipinski definition) is 1. The molecule has 13 heavy (non-hydrogen) atoms. The van der Waals surface area contributed by atoms with Crippen LogP contribution in [0.25, 0.3) is 0 Å². The lowest BCUT2D eigenvalue weighted by atomic mass is 10.2. The first-order valence-electron chi connectivity index (χ1n) is 4.05. The molecule has 0 saturated carbocycles. The number of sulfonamides is 1. The summed E-state index contributed by atoms with van der Waals surface area (Å²) in [6.07, 6.45) is 0. The Labute approximate surface area is 78.8 Å². The molecule has 0 saturated heterocycles. The molecular weight excluding hydrogens is 186 g/mol. The first kappa shape index (κ1) is 10.2. The maximum Gasteiger partial charge on any atom is 0.218 e. The molecule has 0 aliphatic carbocycles. The number of benzene rings is 1. The van der Waals surface area contributed by atoms with E-state index in [1.165, 1.54) is 7.05 Å². The molecule has 1 N–H and O–H groups in total. The molecule has 1 aromatic carbocycles. The van der Waals surface area contributed by atoms with Gasteiger partial charge in [0.1, 0.15) is 0 Å². The molecule has 1 atom stereocenters. The van der Waals surface area contributed by atoms with E-state index in [-0.39, 0.29) is 0 Å². The Balaban J connectivity index is 2.99. The number of nitrogens with one attached hydrogen (secondary N) is 1. The Hall–Kier alpha value is -0.870. The second-order valence-corrected chi connectivity index (χ2v) is 5.01. The topological polar surface area (TPSA) is 46.2 Å². The molecule has 0 aliphatic heterocycles. The lowest BCUT2D eigenvalue weighted by Gasteiger charge is -2.11. The molecule has 1 rings (SSSR count). The molecule has 0 unspecified atom stereocenters. The summed E-state index contributed by atoms with van der Waals surface area (Å²) in [7, 11) is -1.78. The van der Waals surface area contributed by atoms with E-state index in [1.54, 1.807) is 19.1 Å². The summed E-state index contributed by atoms with van der Waals surface area (Å²) in [5.41, 5.74) is 0.803. The second kappa shape index (κ2) is 3.89. The van der Waals surface area contributed by atoms with E-state index in [2.05, 4.69) is 4.72 Å². The highest BCUT2D eigenvalue weighted by Gasteiger charge is 2.19. The van der Waals surface area contributed by atoms with Crippen LogP contribution in [0.4, 0.5) is 0 Å². The first-order chi connectivity index (χ1) is 6.08. The van der Waals surface area contributed by atoms with E-state index in [4.69, 9.17) is 0 Å². The summed E-state index contributed by atoms with van der Waals surface area (Å²) in [6, 6.07) is 9.13. The van der Waals surface area contributed by atoms with Crippen molar-refractivity contribution in [2.45, 2.75) is 12.2 Å². The monoisotopic (exact) mass is 199 g/mol. The number of rotatable bonds is 3. The van der Waals surface area contributed by atoms with Gasteiger partial charge < -0.3 is 0 Å². The van der Waals surface area contributed by atoms with Crippen LogP contribution < -0.4 is 4.72 Å². The lowest BCUT2D eigenvalue weighted by molar-refractivity contribution is 0.578. The second-order valence-electron chi connectivity index (χ2n) is 2.80. The normalized spacial score (nSPS) is 14.0. The Kier molecular flexibility index (Phi) is 3.06. The molecule has 0 radical (unpaired) electrons. The highest BCUT2D eigenvalue weighted by atomic mass is 32.2. The minimum Gasteiger partial charge on any atom is -0.218 e. The van der Waals surface area contributed by atoms with Gasteiger partial charge in [-0.05, 0) is 19.5 Å². The fraction of sp³-hybridized carbons (Fsp3) is 0.333. The van der Waals surface area contributed by atoms with Crippen molar-refractivity contribution in [3.63, 3.8) is 0 Å². The van der Waals surface area contributed by atoms with Gasteiger partial charge in [0.05, 0.1) is 5.25 Å². The van der Waals surface area contributed by atoms with Gasteiger partial charge in [-0.1, -0.05) is 30.3 Å². The van der Waals surface area contributed by atoms with E-state index < -0.39 is 15.3 Å². The van der Waals surface area contributed by atoms with Crippen molar-refractivity contribution in [2.24, 2.45) is 0 Å². The van der Waals surface area contributed by atoms with Crippen LogP contribution in [0.3, 0.4) is 0 Å². The third-order valence-corrected chi connectivity index (χ3v) is 3.79. The van der Waals surface area contributed by atoms with Crippen LogP contribution in [0.1, 0.15) is 17.7 Å². The van der Waals surface area contributed by atoms with Crippen molar-refractivity contribution >= 4 is 10.0 Å². The van der Waals surface area contributed by atoms with Crippen LogP contribution in [0, 0.1) is 0 Å². The van der Waals surface area contributed by atoms with Crippen LogP contribution in [0.5, 0.6) is 0 Å². The largest absolute Gasteiger partial charge is 0.218 e. The average Bonchev–Trinajstić information content (AvgIpc) is 2.18. The van der Waals surface area contributed by atoms with Crippen molar-refractivity contribution < 1.29 is 8.42 Å². The van der Waals surface area contributed by atoms with Gasteiger partial charge in [0, 0.05) is 0 Å². The molecule has 0 amide bonds. The van der Waals surface area contributed by atoms with E-state index in [1.807, 2.05) is 18.2 Å². The van der Waals surface area contributed by atoms with Crippen LogP contribution in [0.15, 0.2) is 30.3 Å². The molecule has 0 aromatic heterocycles. The van der Waals surface area contributed by atoms with Crippen molar-refractivity contribution in [2.75, 3.05) is 7.05 Å². The standard InChI is InChI=1S/C9H13NO2S/c1-8(13(11,12)10-2)9-6-4-3-5-7-9/h3-8,10H,1-2H3/t8-/m1/s1. The fourth-order valence-corrected chi connectivity index (χ4v) is 1.95. The molecular formula is C9H13NO2S. The third kappa shape index (κ3) is 2.29. The summed E-state index contributed by atoms with van der Waals surface area (Å²) < 4.78 is 25.1. The summed E-state index contributed by atoms with van der Waals surface area (Å²) in [6.45, 7) is 1.67. The van der Waals surface area contributed by atoms with Crippen molar-refractivity contribution in [3.8, 4) is 0 Å². The van der Waals surface area contributed by atoms with Crippen LogP contribution in [0.2, 0.25) is 0 Å². The SMILES string of the molecule is CNS(=O)(=O)[C@H](C)c1ccccc1. The van der Waals surface area contributed by atoms with Gasteiger partial charge in [0.25, 0.3) is 0 Å². The van der Waals surface area contributed by atoms with Gasteiger partial charge in [-0.15, -0.1) is 0 Å². The number of hydrogen-bond acceptors (Lipinski definition) is 2. The van der Waals surface area contributed by atoms with Crippen LogP contribution >= 0.6 is 0 Å². The van der Waals surface area contributed by atoms with Gasteiger partial charge >= 0.3 is 0 Å². The van der Waals surface area contributed by atoms with Crippen LogP contribution in [-0.2, 0) is 10.0 Å². The smallest absolute Gasteiger partial charge is 0.218 e. The highest BCUT2D eigenvalue weighted by Crippen LogP contribution is 2.19. The fourth-order valence-electron chi connectivity index (χ4n) is 1.08. The first-order valence-corrected chi connectivity index (χ1v) is 5.60. The van der Waals surface area contributed by atoms with E-state index in [0.717, 1.165) is 5.56 Å². The molecule has 0 spiro atoms. The molecule has 72 valence electrons. The summed E-state index contributed by atoms with van der Waals surface area (Å²) in [5.74, 6) is 0. The maximum atomic E-state index is 11.4. The average molecular weight is 199 g/mol. The molecule has 4 heteroatoms. The van der Waals surface area contributed by atoms with E-state index in [9.17, 15) is 8.42 Å². The molecule has 0 heterocycles. The molecule has 0 bridgehead atoms. The van der Waals surface area contributed by atoms with Crippen molar-refractivity contribution in [3.05, 3.63) is 35.9 Å². The quantitative estimate of drug-likeness (QED) is 0.797. The van der Waals surface area contributed by atoms with Crippen molar-refractivity contribution in [1.82, 2.24) is 4.72 Å². The zero-order valence-electron chi connectivity index (χ0n) is 7.69.